The number of nitrogens with zero attached hydrogens (tertiary/aromatic N) is 1. The molecule has 8 heteroatoms. The van der Waals surface area contributed by atoms with Crippen LogP contribution in [0.25, 0.3) is 0 Å². The molecular weight excluding hydrogens is 446 g/mol. The Balaban J connectivity index is 3.50. The standard InChI is InChI=1S/C27H45N3O5/c1-10-12-19(5)28-24(32)23(21-14-13-17(3)15-18(21)4)30(20(6)11-2)25(33)22(16-31)29-26(34)35-27(7,8)9/h13-15,19-20,22-23,31H,10-12,16H2,1-9H3,(H,28,32)(H,29,34). The number of carbonyl (C=O) groups excluding carboxylic acids is 3. The van der Waals surface area contributed by atoms with Crippen LogP contribution in [0.3, 0.4) is 0 Å². The van der Waals surface area contributed by atoms with Gasteiger partial charge in [-0.15, -0.1) is 0 Å². The lowest BCUT2D eigenvalue weighted by Crippen LogP contribution is -2.57. The van der Waals surface area contributed by atoms with Crippen LogP contribution in [0, 0.1) is 13.8 Å². The number of carbonyl (C=O) groups is 3. The Labute approximate surface area is 210 Å². The molecule has 8 nitrogen and oxygen atoms in total. The molecule has 1 rings (SSSR count). The van der Waals surface area contributed by atoms with Crippen molar-refractivity contribution in [3.63, 3.8) is 0 Å². The molecule has 3 N–H and O–H groups in total. The van der Waals surface area contributed by atoms with Crippen molar-refractivity contribution < 1.29 is 24.2 Å². The molecule has 0 aliphatic carbocycles. The second-order valence-corrected chi connectivity index (χ2v) is 10.3. The summed E-state index contributed by atoms with van der Waals surface area (Å²) in [5, 5.41) is 15.6. The van der Waals surface area contributed by atoms with Crippen molar-refractivity contribution in [2.24, 2.45) is 0 Å². The molecule has 0 radical (unpaired) electrons. The molecule has 0 aliphatic rings. The summed E-state index contributed by atoms with van der Waals surface area (Å²) >= 11 is 0. The first-order valence-corrected chi connectivity index (χ1v) is 12.6. The summed E-state index contributed by atoms with van der Waals surface area (Å²) in [6, 6.07) is 3.18. The summed E-state index contributed by atoms with van der Waals surface area (Å²) < 4.78 is 5.28. The largest absolute Gasteiger partial charge is 0.444 e. The van der Waals surface area contributed by atoms with E-state index in [1.807, 2.05) is 59.7 Å². The molecule has 198 valence electrons. The third-order valence-electron chi connectivity index (χ3n) is 5.85. The van der Waals surface area contributed by atoms with Gasteiger partial charge < -0.3 is 25.4 Å². The molecule has 0 heterocycles. The van der Waals surface area contributed by atoms with Crippen LogP contribution in [0.4, 0.5) is 4.79 Å². The van der Waals surface area contributed by atoms with E-state index >= 15 is 0 Å². The van der Waals surface area contributed by atoms with E-state index in [0.29, 0.717) is 12.0 Å². The lowest BCUT2D eigenvalue weighted by atomic mass is 9.94. The van der Waals surface area contributed by atoms with E-state index in [9.17, 15) is 19.5 Å². The first kappa shape index (κ1) is 30.4. The summed E-state index contributed by atoms with van der Waals surface area (Å²) in [4.78, 5) is 41.3. The monoisotopic (exact) mass is 491 g/mol. The Morgan fingerprint density at radius 2 is 1.71 bits per heavy atom. The van der Waals surface area contributed by atoms with Crippen LogP contribution in [-0.4, -0.2) is 58.2 Å². The Morgan fingerprint density at radius 3 is 2.20 bits per heavy atom. The van der Waals surface area contributed by atoms with E-state index < -0.39 is 36.3 Å². The number of hydrogen-bond acceptors (Lipinski definition) is 5. The molecular formula is C27H45N3O5. The first-order valence-electron chi connectivity index (χ1n) is 12.6. The second-order valence-electron chi connectivity index (χ2n) is 10.3. The van der Waals surface area contributed by atoms with Gasteiger partial charge in [0.15, 0.2) is 0 Å². The van der Waals surface area contributed by atoms with E-state index in [2.05, 4.69) is 10.6 Å². The second kappa shape index (κ2) is 13.5. The number of amides is 3. The van der Waals surface area contributed by atoms with Crippen LogP contribution < -0.4 is 10.6 Å². The molecule has 4 atom stereocenters. The predicted octanol–water partition coefficient (Wildman–Crippen LogP) is 4.16. The number of aliphatic hydroxyl groups is 1. The zero-order valence-corrected chi connectivity index (χ0v) is 22.9. The fourth-order valence-corrected chi connectivity index (χ4v) is 3.99. The third-order valence-corrected chi connectivity index (χ3v) is 5.85. The minimum atomic E-state index is -1.26. The van der Waals surface area contributed by atoms with E-state index in [1.54, 1.807) is 20.8 Å². The number of benzene rings is 1. The molecule has 4 unspecified atom stereocenters. The molecule has 1 aromatic rings. The Kier molecular flexibility index (Phi) is 11.7. The van der Waals surface area contributed by atoms with Crippen LogP contribution in [-0.2, 0) is 14.3 Å². The Bertz CT molecular complexity index is 865. The third kappa shape index (κ3) is 9.17. The summed E-state index contributed by atoms with van der Waals surface area (Å²) in [7, 11) is 0. The van der Waals surface area contributed by atoms with E-state index in [4.69, 9.17) is 4.74 Å². The lowest BCUT2D eigenvalue weighted by Gasteiger charge is -2.39. The first-order chi connectivity index (χ1) is 16.2. The molecule has 0 aliphatic heterocycles. The highest BCUT2D eigenvalue weighted by Gasteiger charge is 2.39. The van der Waals surface area contributed by atoms with Gasteiger partial charge in [-0.25, -0.2) is 4.79 Å². The van der Waals surface area contributed by atoms with E-state index in [1.165, 1.54) is 4.90 Å². The van der Waals surface area contributed by atoms with Gasteiger partial charge in [0.1, 0.15) is 17.7 Å². The number of aryl methyl sites for hydroxylation is 2. The highest BCUT2D eigenvalue weighted by atomic mass is 16.6. The van der Waals surface area contributed by atoms with Gasteiger partial charge in [-0.05, 0) is 72.4 Å². The van der Waals surface area contributed by atoms with Crippen LogP contribution >= 0.6 is 0 Å². The van der Waals surface area contributed by atoms with Crippen molar-refractivity contribution in [1.82, 2.24) is 15.5 Å². The molecule has 35 heavy (non-hydrogen) atoms. The van der Waals surface area contributed by atoms with Crippen molar-refractivity contribution in [3.05, 3.63) is 34.9 Å². The normalized spacial score (nSPS) is 14.9. The topological polar surface area (TPSA) is 108 Å². The summed E-state index contributed by atoms with van der Waals surface area (Å²) in [5.41, 5.74) is 1.88. The van der Waals surface area contributed by atoms with Gasteiger partial charge in [-0.2, -0.15) is 0 Å². The fourth-order valence-electron chi connectivity index (χ4n) is 3.99. The molecule has 0 saturated heterocycles. The van der Waals surface area contributed by atoms with E-state index in [-0.39, 0.29) is 18.0 Å². The van der Waals surface area contributed by atoms with Crippen molar-refractivity contribution in [2.45, 2.75) is 111 Å². The number of hydrogen-bond donors (Lipinski definition) is 3. The predicted molar refractivity (Wildman–Crippen MR) is 138 cm³/mol. The molecule has 3 amide bonds. The average Bonchev–Trinajstić information content (AvgIpc) is 2.74. The SMILES string of the molecule is CCCC(C)NC(=O)C(c1ccc(C)cc1C)N(C(=O)C(CO)NC(=O)OC(C)(C)C)C(C)CC. The summed E-state index contributed by atoms with van der Waals surface area (Å²) in [6.45, 7) is 16.2. The maximum absolute atomic E-state index is 13.8. The van der Waals surface area contributed by atoms with Crippen LogP contribution in [0.15, 0.2) is 18.2 Å². The summed E-state index contributed by atoms with van der Waals surface area (Å²) in [5.74, 6) is -0.837. The average molecular weight is 492 g/mol. The van der Waals surface area contributed by atoms with Crippen LogP contribution in [0.2, 0.25) is 0 Å². The number of aliphatic hydroxyl groups excluding tert-OH is 1. The van der Waals surface area contributed by atoms with Crippen LogP contribution in [0.1, 0.15) is 90.5 Å². The molecule has 0 aromatic heterocycles. The number of alkyl carbamates (subject to hydrolysis) is 1. The fraction of sp³-hybridized carbons (Fsp3) is 0.667. The smallest absolute Gasteiger partial charge is 0.408 e. The Morgan fingerprint density at radius 1 is 1.09 bits per heavy atom. The van der Waals surface area contributed by atoms with Gasteiger partial charge in [-0.1, -0.05) is 44.0 Å². The highest BCUT2D eigenvalue weighted by Crippen LogP contribution is 2.29. The Hall–Kier alpha value is -2.61. The number of ether oxygens (including phenoxy) is 1. The van der Waals surface area contributed by atoms with Gasteiger partial charge >= 0.3 is 6.09 Å². The maximum Gasteiger partial charge on any atom is 0.408 e. The van der Waals surface area contributed by atoms with Crippen molar-refractivity contribution in [1.29, 1.82) is 0 Å². The molecule has 0 fully saturated rings. The molecule has 1 aromatic carbocycles. The molecule has 0 saturated carbocycles. The van der Waals surface area contributed by atoms with E-state index in [0.717, 1.165) is 24.0 Å². The van der Waals surface area contributed by atoms with Gasteiger partial charge in [0.25, 0.3) is 0 Å². The molecule has 0 bridgehead atoms. The van der Waals surface area contributed by atoms with Crippen molar-refractivity contribution >= 4 is 17.9 Å². The summed E-state index contributed by atoms with van der Waals surface area (Å²) in [6.07, 6.45) is 1.49. The minimum absolute atomic E-state index is 0.0665. The number of rotatable bonds is 11. The van der Waals surface area contributed by atoms with Gasteiger partial charge in [-0.3, -0.25) is 9.59 Å². The highest BCUT2D eigenvalue weighted by molar-refractivity contribution is 5.92. The van der Waals surface area contributed by atoms with Gasteiger partial charge in [0.05, 0.1) is 6.61 Å². The zero-order valence-electron chi connectivity index (χ0n) is 22.9. The number of nitrogens with one attached hydrogen (secondary N) is 2. The lowest BCUT2D eigenvalue weighted by molar-refractivity contribution is -0.146. The van der Waals surface area contributed by atoms with Gasteiger partial charge in [0.2, 0.25) is 11.8 Å². The van der Waals surface area contributed by atoms with Crippen LogP contribution in [0.5, 0.6) is 0 Å². The zero-order chi connectivity index (χ0) is 26.9. The van der Waals surface area contributed by atoms with Crippen molar-refractivity contribution in [2.75, 3.05) is 6.61 Å². The molecule has 0 spiro atoms. The minimum Gasteiger partial charge on any atom is -0.444 e. The quantitative estimate of drug-likeness (QED) is 0.431. The van der Waals surface area contributed by atoms with Gasteiger partial charge in [0, 0.05) is 12.1 Å². The maximum atomic E-state index is 13.8. The van der Waals surface area contributed by atoms with Crippen molar-refractivity contribution in [3.8, 4) is 0 Å².